The zero-order valence-electron chi connectivity index (χ0n) is 16.3. The number of aliphatic hydroxyl groups is 1. The third-order valence-electron chi connectivity index (χ3n) is 5.11. The molecule has 25 heavy (non-hydrogen) atoms. The van der Waals surface area contributed by atoms with Crippen molar-refractivity contribution in [3.05, 3.63) is 77.2 Å². The summed E-state index contributed by atoms with van der Waals surface area (Å²) < 4.78 is 0. The summed E-state index contributed by atoms with van der Waals surface area (Å²) in [5, 5.41) is 14.1. The monoisotopic (exact) mass is 350 g/mol. The molecule has 0 amide bonds. The molecule has 2 aromatic carbocycles. The standard InChI is InChI=1S/C23H30OSi/c1-18(20(3)24)17-19(2)25(23(4,5)6,21-13-9-7-10-14-21)22-15-11-8-12-16-22/h7-16,20,24H,1-6H3. The van der Waals surface area contributed by atoms with E-state index in [2.05, 4.69) is 94.1 Å². The van der Waals surface area contributed by atoms with E-state index in [1.165, 1.54) is 15.6 Å². The van der Waals surface area contributed by atoms with Crippen LogP contribution in [0.15, 0.2) is 77.2 Å². The first-order valence-electron chi connectivity index (χ1n) is 8.95. The Morgan fingerprint density at radius 2 is 1.28 bits per heavy atom. The Labute approximate surface area is 153 Å². The zero-order chi connectivity index (χ0) is 18.7. The number of hydrogen-bond acceptors (Lipinski definition) is 1. The highest BCUT2D eigenvalue weighted by molar-refractivity contribution is 7.09. The van der Waals surface area contributed by atoms with Gasteiger partial charge in [0.25, 0.3) is 0 Å². The van der Waals surface area contributed by atoms with Crippen LogP contribution >= 0.6 is 0 Å². The van der Waals surface area contributed by atoms with E-state index in [0.29, 0.717) is 0 Å². The van der Waals surface area contributed by atoms with Crippen molar-refractivity contribution in [3.63, 3.8) is 0 Å². The molecule has 0 aromatic heterocycles. The van der Waals surface area contributed by atoms with Crippen LogP contribution in [-0.4, -0.2) is 19.3 Å². The van der Waals surface area contributed by atoms with Crippen molar-refractivity contribution in [2.24, 2.45) is 0 Å². The van der Waals surface area contributed by atoms with E-state index in [1.54, 1.807) is 6.92 Å². The van der Waals surface area contributed by atoms with Gasteiger partial charge in [-0.15, -0.1) is 5.73 Å². The van der Waals surface area contributed by atoms with Gasteiger partial charge in [-0.2, -0.15) is 0 Å². The number of rotatable bonds is 4. The van der Waals surface area contributed by atoms with E-state index in [1.807, 2.05) is 6.92 Å². The molecule has 1 nitrogen and oxygen atoms in total. The Morgan fingerprint density at radius 1 is 0.880 bits per heavy atom. The molecule has 2 rings (SSSR count). The fourth-order valence-corrected chi connectivity index (χ4v) is 9.72. The van der Waals surface area contributed by atoms with Crippen LogP contribution in [0.5, 0.6) is 0 Å². The third-order valence-corrected chi connectivity index (χ3v) is 11.0. The topological polar surface area (TPSA) is 20.2 Å². The maximum absolute atomic E-state index is 9.98. The molecule has 132 valence electrons. The SMILES string of the molecule is CC(=C=C(C)[Si](c1ccccc1)(c1ccccc1)C(C)(C)C)C(C)O. The predicted molar refractivity (Wildman–Crippen MR) is 111 cm³/mol. The first kappa shape index (κ1) is 19.5. The summed E-state index contributed by atoms with van der Waals surface area (Å²) in [5.74, 6) is 0. The van der Waals surface area contributed by atoms with E-state index in [0.717, 1.165) is 5.57 Å². The van der Waals surface area contributed by atoms with Crippen LogP contribution in [0.3, 0.4) is 0 Å². The molecule has 0 heterocycles. The number of aliphatic hydroxyl groups excluding tert-OH is 1. The van der Waals surface area contributed by atoms with Gasteiger partial charge in [0.2, 0.25) is 0 Å². The molecule has 1 unspecified atom stereocenters. The Balaban J connectivity index is 2.95. The van der Waals surface area contributed by atoms with Crippen molar-refractivity contribution in [2.75, 3.05) is 0 Å². The molecule has 0 saturated heterocycles. The van der Waals surface area contributed by atoms with Gasteiger partial charge in [0.05, 0.1) is 6.10 Å². The van der Waals surface area contributed by atoms with Crippen molar-refractivity contribution >= 4 is 18.4 Å². The second-order valence-corrected chi connectivity index (χ2v) is 12.7. The van der Waals surface area contributed by atoms with Gasteiger partial charge in [-0.05, 0) is 47.0 Å². The second-order valence-electron chi connectivity index (χ2n) is 7.84. The summed E-state index contributed by atoms with van der Waals surface area (Å²) >= 11 is 0. The third kappa shape index (κ3) is 3.72. The molecule has 0 aliphatic carbocycles. The van der Waals surface area contributed by atoms with Crippen molar-refractivity contribution in [3.8, 4) is 0 Å². The minimum absolute atomic E-state index is 0.0613. The quantitative estimate of drug-likeness (QED) is 0.637. The van der Waals surface area contributed by atoms with Crippen LogP contribution in [0.4, 0.5) is 0 Å². The lowest BCUT2D eigenvalue weighted by atomic mass is 10.2. The first-order chi connectivity index (χ1) is 11.7. The lowest BCUT2D eigenvalue weighted by Crippen LogP contribution is -2.65. The summed E-state index contributed by atoms with van der Waals surface area (Å²) in [7, 11) is -2.29. The molecule has 2 aromatic rings. The van der Waals surface area contributed by atoms with Gasteiger partial charge in [0.1, 0.15) is 0 Å². The Morgan fingerprint density at radius 3 is 1.60 bits per heavy atom. The van der Waals surface area contributed by atoms with E-state index in [4.69, 9.17) is 0 Å². The number of benzene rings is 2. The van der Waals surface area contributed by atoms with Crippen molar-refractivity contribution < 1.29 is 5.11 Å². The summed E-state index contributed by atoms with van der Waals surface area (Å²) in [4.78, 5) is 0. The van der Waals surface area contributed by atoms with Gasteiger partial charge in [-0.3, -0.25) is 0 Å². The minimum atomic E-state index is -2.29. The molecule has 0 spiro atoms. The average Bonchev–Trinajstić information content (AvgIpc) is 2.56. The van der Waals surface area contributed by atoms with Gasteiger partial charge in [-0.1, -0.05) is 81.4 Å². The molecule has 0 saturated carbocycles. The zero-order valence-corrected chi connectivity index (χ0v) is 17.3. The second kappa shape index (κ2) is 7.57. The average molecular weight is 351 g/mol. The maximum Gasteiger partial charge on any atom is 0.157 e. The fourth-order valence-electron chi connectivity index (χ4n) is 3.90. The van der Waals surface area contributed by atoms with E-state index in [9.17, 15) is 5.11 Å². The molecular weight excluding hydrogens is 320 g/mol. The molecule has 1 N–H and O–H groups in total. The highest BCUT2D eigenvalue weighted by Crippen LogP contribution is 2.40. The van der Waals surface area contributed by atoms with Crippen molar-refractivity contribution in [1.29, 1.82) is 0 Å². The van der Waals surface area contributed by atoms with Crippen molar-refractivity contribution in [1.82, 2.24) is 0 Å². The number of hydrogen-bond donors (Lipinski definition) is 1. The summed E-state index contributed by atoms with van der Waals surface area (Å²) in [6, 6.07) is 21.7. The van der Waals surface area contributed by atoms with Gasteiger partial charge in [-0.25, -0.2) is 0 Å². The van der Waals surface area contributed by atoms with E-state index in [-0.39, 0.29) is 5.04 Å². The summed E-state index contributed by atoms with van der Waals surface area (Å²) in [6.45, 7) is 13.0. The molecule has 0 aliphatic heterocycles. The Hall–Kier alpha value is -1.86. The highest BCUT2D eigenvalue weighted by atomic mass is 28.3. The minimum Gasteiger partial charge on any atom is -0.388 e. The molecule has 0 bridgehead atoms. The Bertz CT molecular complexity index is 721. The smallest absolute Gasteiger partial charge is 0.157 e. The predicted octanol–water partition coefficient (Wildman–Crippen LogP) is 4.46. The van der Waals surface area contributed by atoms with Crippen LogP contribution < -0.4 is 10.4 Å². The molecule has 1 atom stereocenters. The van der Waals surface area contributed by atoms with E-state index >= 15 is 0 Å². The van der Waals surface area contributed by atoms with Crippen LogP contribution in [0, 0.1) is 0 Å². The molecule has 2 heteroatoms. The first-order valence-corrected chi connectivity index (χ1v) is 10.9. The maximum atomic E-state index is 9.98. The molecule has 0 radical (unpaired) electrons. The largest absolute Gasteiger partial charge is 0.388 e. The summed E-state index contributed by atoms with van der Waals surface area (Å²) in [5.41, 5.74) is 4.46. The normalized spacial score (nSPS) is 13.1. The van der Waals surface area contributed by atoms with Gasteiger partial charge in [0.15, 0.2) is 8.07 Å². The van der Waals surface area contributed by atoms with Gasteiger partial charge >= 0.3 is 0 Å². The summed E-state index contributed by atoms with van der Waals surface area (Å²) in [6.07, 6.45) is -0.479. The lowest BCUT2D eigenvalue weighted by Gasteiger charge is -2.44. The highest BCUT2D eigenvalue weighted by Gasteiger charge is 2.49. The lowest BCUT2D eigenvalue weighted by molar-refractivity contribution is 0.232. The Kier molecular flexibility index (Phi) is 5.90. The van der Waals surface area contributed by atoms with Crippen LogP contribution in [0.25, 0.3) is 0 Å². The van der Waals surface area contributed by atoms with Gasteiger partial charge < -0.3 is 5.11 Å². The van der Waals surface area contributed by atoms with Crippen molar-refractivity contribution in [2.45, 2.75) is 52.7 Å². The molecule has 0 fully saturated rings. The van der Waals surface area contributed by atoms with E-state index < -0.39 is 14.2 Å². The fraction of sp³-hybridized carbons (Fsp3) is 0.348. The molecular formula is C23H30OSi. The van der Waals surface area contributed by atoms with Crippen LogP contribution in [0.1, 0.15) is 41.5 Å². The molecule has 0 aliphatic rings. The van der Waals surface area contributed by atoms with Crippen LogP contribution in [-0.2, 0) is 0 Å². The van der Waals surface area contributed by atoms with Gasteiger partial charge in [0, 0.05) is 0 Å². The van der Waals surface area contributed by atoms with Crippen LogP contribution in [0.2, 0.25) is 5.04 Å².